The van der Waals surface area contributed by atoms with Crippen LogP contribution in [-0.4, -0.2) is 70.7 Å². The lowest BCUT2D eigenvalue weighted by Crippen LogP contribution is -2.47. The van der Waals surface area contributed by atoms with Crippen LogP contribution in [0, 0.1) is 5.82 Å². The molecule has 3 rings (SSSR count). The summed E-state index contributed by atoms with van der Waals surface area (Å²) in [5, 5.41) is 0. The number of hydrogen-bond acceptors (Lipinski definition) is 5. The second kappa shape index (κ2) is 9.01. The number of halogens is 1. The van der Waals surface area contributed by atoms with Crippen LogP contribution in [0.15, 0.2) is 42.5 Å². The van der Waals surface area contributed by atoms with E-state index in [1.54, 1.807) is 23.1 Å². The quantitative estimate of drug-likeness (QED) is 0.696. The average Bonchev–Trinajstić information content (AvgIpc) is 2.72. The van der Waals surface area contributed by atoms with E-state index in [1.807, 2.05) is 7.05 Å². The predicted octanol–water partition coefficient (Wildman–Crippen LogP) is 2.19. The molecule has 1 heterocycles. The fourth-order valence-corrected chi connectivity index (χ4v) is 4.27. The number of carbonyl (C=O) groups excluding carboxylic acids is 1. The molecule has 0 aromatic heterocycles. The van der Waals surface area contributed by atoms with Crippen molar-refractivity contribution in [1.82, 2.24) is 9.80 Å². The van der Waals surface area contributed by atoms with Gasteiger partial charge < -0.3 is 14.5 Å². The number of carbonyl (C=O) groups is 1. The molecule has 0 aliphatic carbocycles. The van der Waals surface area contributed by atoms with Crippen LogP contribution in [0.1, 0.15) is 15.9 Å². The summed E-state index contributed by atoms with van der Waals surface area (Å²) in [6.45, 7) is 2.85. The molecule has 0 saturated carbocycles. The van der Waals surface area contributed by atoms with Crippen molar-refractivity contribution in [3.05, 3.63) is 59.4 Å². The maximum absolute atomic E-state index is 13.3. The molecule has 0 spiro atoms. The lowest BCUT2D eigenvalue weighted by Gasteiger charge is -2.32. The topological polar surface area (TPSA) is 70.2 Å². The predicted molar refractivity (Wildman–Crippen MR) is 114 cm³/mol. The number of nitrogens with zero attached hydrogens (tertiary/aromatic N) is 3. The highest BCUT2D eigenvalue weighted by Crippen LogP contribution is 2.27. The Hall–Kier alpha value is -2.65. The number of amides is 1. The first kappa shape index (κ1) is 22.0. The van der Waals surface area contributed by atoms with Gasteiger partial charge in [0.1, 0.15) is 11.6 Å². The molecule has 0 atom stereocenters. The Morgan fingerprint density at radius 3 is 2.30 bits per heavy atom. The van der Waals surface area contributed by atoms with Gasteiger partial charge in [0, 0.05) is 37.3 Å². The molecule has 162 valence electrons. The summed E-state index contributed by atoms with van der Waals surface area (Å²) in [6.07, 6.45) is 1.09. The van der Waals surface area contributed by atoms with Gasteiger partial charge in [0.05, 0.1) is 25.6 Å². The summed E-state index contributed by atoms with van der Waals surface area (Å²) in [5.74, 6) is -0.0788. The molecule has 1 amide bonds. The zero-order chi connectivity index (χ0) is 21.9. The van der Waals surface area contributed by atoms with Gasteiger partial charge in [-0.1, -0.05) is 0 Å². The van der Waals surface area contributed by atoms with Crippen molar-refractivity contribution in [2.45, 2.75) is 6.54 Å². The third-order valence-electron chi connectivity index (χ3n) is 5.15. The Morgan fingerprint density at radius 1 is 1.10 bits per heavy atom. The molecule has 0 N–H and O–H groups in total. The number of ether oxygens (including phenoxy) is 1. The number of rotatable bonds is 6. The summed E-state index contributed by atoms with van der Waals surface area (Å²) in [5.41, 5.74) is 1.35. The van der Waals surface area contributed by atoms with Crippen LogP contribution >= 0.6 is 0 Å². The van der Waals surface area contributed by atoms with Gasteiger partial charge in [-0.25, -0.2) is 12.8 Å². The van der Waals surface area contributed by atoms with E-state index in [-0.39, 0.29) is 12.5 Å². The minimum atomic E-state index is -3.66. The minimum Gasteiger partial charge on any atom is -0.496 e. The van der Waals surface area contributed by atoms with E-state index >= 15 is 0 Å². The van der Waals surface area contributed by atoms with E-state index < -0.39 is 15.8 Å². The highest BCUT2D eigenvalue weighted by molar-refractivity contribution is 7.92. The fraction of sp³-hybridized carbons (Fsp3) is 0.381. The van der Waals surface area contributed by atoms with Crippen LogP contribution in [0.2, 0.25) is 0 Å². The molecule has 0 unspecified atom stereocenters. The Kier molecular flexibility index (Phi) is 6.62. The van der Waals surface area contributed by atoms with E-state index in [0.29, 0.717) is 35.7 Å². The molecule has 7 nitrogen and oxygen atoms in total. The molecule has 1 aliphatic heterocycles. The van der Waals surface area contributed by atoms with Crippen molar-refractivity contribution >= 4 is 21.6 Å². The summed E-state index contributed by atoms with van der Waals surface area (Å²) >= 11 is 0. The number of anilines is 1. The summed E-state index contributed by atoms with van der Waals surface area (Å²) in [7, 11) is -0.153. The largest absolute Gasteiger partial charge is 0.496 e. The Bertz CT molecular complexity index is 1000. The number of hydrogen-bond donors (Lipinski definition) is 0. The Balaban J connectivity index is 1.92. The van der Waals surface area contributed by atoms with Crippen molar-refractivity contribution in [2.75, 3.05) is 50.9 Å². The van der Waals surface area contributed by atoms with Gasteiger partial charge in [-0.05, 0) is 49.5 Å². The SMILES string of the molecule is COc1ccc(C(=O)N2CCN(C)CC2)cc1CN(c1ccc(F)cc1)S(C)(=O)=O. The first-order chi connectivity index (χ1) is 14.2. The van der Waals surface area contributed by atoms with Crippen molar-refractivity contribution in [2.24, 2.45) is 0 Å². The molecule has 0 bridgehead atoms. The maximum Gasteiger partial charge on any atom is 0.253 e. The highest BCUT2D eigenvalue weighted by Gasteiger charge is 2.24. The van der Waals surface area contributed by atoms with E-state index in [1.165, 1.54) is 31.4 Å². The summed E-state index contributed by atoms with van der Waals surface area (Å²) in [4.78, 5) is 16.9. The molecule has 2 aromatic carbocycles. The number of sulfonamides is 1. The van der Waals surface area contributed by atoms with Crippen LogP contribution in [0.4, 0.5) is 10.1 Å². The monoisotopic (exact) mass is 435 g/mol. The molecule has 1 aliphatic rings. The fourth-order valence-electron chi connectivity index (χ4n) is 3.39. The molecule has 1 saturated heterocycles. The van der Waals surface area contributed by atoms with Gasteiger partial charge >= 0.3 is 0 Å². The van der Waals surface area contributed by atoms with Gasteiger partial charge in [-0.15, -0.1) is 0 Å². The number of benzene rings is 2. The van der Waals surface area contributed by atoms with Crippen molar-refractivity contribution < 1.29 is 22.3 Å². The molecule has 9 heteroatoms. The van der Waals surface area contributed by atoms with Gasteiger partial charge in [0.15, 0.2) is 0 Å². The van der Waals surface area contributed by atoms with Gasteiger partial charge in [-0.3, -0.25) is 9.10 Å². The summed E-state index contributed by atoms with van der Waals surface area (Å²) in [6, 6.07) is 10.2. The molecule has 30 heavy (non-hydrogen) atoms. The molecule has 2 aromatic rings. The first-order valence-corrected chi connectivity index (χ1v) is 11.4. The van der Waals surface area contributed by atoms with E-state index in [9.17, 15) is 17.6 Å². The molecular formula is C21H26FN3O4S. The third kappa shape index (κ3) is 5.09. The minimum absolute atomic E-state index is 0.0441. The van der Waals surface area contributed by atoms with Crippen LogP contribution in [-0.2, 0) is 16.6 Å². The standard InChI is InChI=1S/C21H26FN3O4S/c1-23-10-12-24(13-11-23)21(26)16-4-9-20(29-2)17(14-16)15-25(30(3,27)28)19-7-5-18(22)6-8-19/h4-9,14H,10-13,15H2,1-3H3. The number of piperazine rings is 1. The molecule has 0 radical (unpaired) electrons. The van der Waals surface area contributed by atoms with Crippen LogP contribution in [0.5, 0.6) is 5.75 Å². The zero-order valence-corrected chi connectivity index (χ0v) is 18.2. The van der Waals surface area contributed by atoms with E-state index in [0.717, 1.165) is 23.7 Å². The normalized spacial score (nSPS) is 15.1. The maximum atomic E-state index is 13.3. The van der Waals surface area contributed by atoms with Gasteiger partial charge in [0.25, 0.3) is 5.91 Å². The third-order valence-corrected chi connectivity index (χ3v) is 6.29. The molecular weight excluding hydrogens is 409 g/mol. The van der Waals surface area contributed by atoms with Crippen molar-refractivity contribution in [3.63, 3.8) is 0 Å². The summed E-state index contributed by atoms with van der Waals surface area (Å²) < 4.78 is 44.7. The van der Waals surface area contributed by atoms with E-state index in [4.69, 9.17) is 4.74 Å². The number of methoxy groups -OCH3 is 1. The number of likely N-dealkylation sites (N-methyl/N-ethyl adjacent to an activating group) is 1. The van der Waals surface area contributed by atoms with Crippen molar-refractivity contribution in [3.8, 4) is 5.75 Å². The molecule has 1 fully saturated rings. The second-order valence-electron chi connectivity index (χ2n) is 7.37. The van der Waals surface area contributed by atoms with Crippen LogP contribution in [0.3, 0.4) is 0 Å². The van der Waals surface area contributed by atoms with Crippen molar-refractivity contribution in [1.29, 1.82) is 0 Å². The van der Waals surface area contributed by atoms with E-state index in [2.05, 4.69) is 4.90 Å². The second-order valence-corrected chi connectivity index (χ2v) is 9.27. The van der Waals surface area contributed by atoms with Gasteiger partial charge in [-0.2, -0.15) is 0 Å². The van der Waals surface area contributed by atoms with Crippen LogP contribution < -0.4 is 9.04 Å². The smallest absolute Gasteiger partial charge is 0.253 e. The van der Waals surface area contributed by atoms with Crippen LogP contribution in [0.25, 0.3) is 0 Å². The Labute approximate surface area is 176 Å². The average molecular weight is 436 g/mol. The lowest BCUT2D eigenvalue weighted by atomic mass is 10.1. The zero-order valence-electron chi connectivity index (χ0n) is 17.3. The highest BCUT2D eigenvalue weighted by atomic mass is 32.2. The lowest BCUT2D eigenvalue weighted by molar-refractivity contribution is 0.0664. The first-order valence-electron chi connectivity index (χ1n) is 9.57. The Morgan fingerprint density at radius 2 is 1.73 bits per heavy atom. The van der Waals surface area contributed by atoms with Gasteiger partial charge in [0.2, 0.25) is 10.0 Å².